The number of anilines is 1. The molecule has 0 bridgehead atoms. The van der Waals surface area contributed by atoms with Gasteiger partial charge in [-0.05, 0) is 37.1 Å². The third kappa shape index (κ3) is 6.42. The number of carbonyl (C=O) groups excluding carboxylic acids is 1. The summed E-state index contributed by atoms with van der Waals surface area (Å²) in [6, 6.07) is 12.7. The van der Waals surface area contributed by atoms with Crippen LogP contribution in [0.2, 0.25) is 5.02 Å². The summed E-state index contributed by atoms with van der Waals surface area (Å²) in [5.41, 5.74) is 2.60. The summed E-state index contributed by atoms with van der Waals surface area (Å²) >= 11 is 6.11. The van der Waals surface area contributed by atoms with Crippen molar-refractivity contribution >= 4 is 33.2 Å². The van der Waals surface area contributed by atoms with Crippen LogP contribution in [0.1, 0.15) is 24.0 Å². The number of sulfonamides is 1. The number of nitrogens with one attached hydrogen (secondary N) is 1. The molecule has 8 heteroatoms. The molecule has 2 aromatic carbocycles. The molecule has 0 unspecified atom stereocenters. The quantitative estimate of drug-likeness (QED) is 0.668. The Hall–Kier alpha value is -2.25. The van der Waals surface area contributed by atoms with E-state index in [1.54, 1.807) is 18.2 Å². The average Bonchev–Trinajstić information content (AvgIpc) is 2.62. The molecule has 0 saturated heterocycles. The summed E-state index contributed by atoms with van der Waals surface area (Å²) in [6.07, 6.45) is 1.74. The minimum Gasteiger partial charge on any atom is -0.495 e. The van der Waals surface area contributed by atoms with E-state index < -0.39 is 10.0 Å². The van der Waals surface area contributed by atoms with Crippen molar-refractivity contribution in [3.8, 4) is 5.75 Å². The number of benzene rings is 2. The number of aryl methyl sites for hydroxylation is 1. The summed E-state index contributed by atoms with van der Waals surface area (Å²) in [6.45, 7) is 2.63. The van der Waals surface area contributed by atoms with Crippen molar-refractivity contribution in [3.63, 3.8) is 0 Å². The van der Waals surface area contributed by atoms with Gasteiger partial charge in [0.25, 0.3) is 0 Å². The van der Waals surface area contributed by atoms with Gasteiger partial charge >= 0.3 is 0 Å². The molecule has 0 heterocycles. The van der Waals surface area contributed by atoms with Gasteiger partial charge in [-0.3, -0.25) is 9.10 Å². The highest BCUT2D eigenvalue weighted by Crippen LogP contribution is 2.30. The normalized spacial score (nSPS) is 11.1. The number of nitrogens with zero attached hydrogens (tertiary/aromatic N) is 1. The van der Waals surface area contributed by atoms with E-state index in [2.05, 4.69) is 5.32 Å². The molecule has 2 aromatic rings. The Balaban J connectivity index is 1.93. The van der Waals surface area contributed by atoms with Gasteiger partial charge < -0.3 is 10.1 Å². The highest BCUT2D eigenvalue weighted by atomic mass is 35.5. The van der Waals surface area contributed by atoms with Gasteiger partial charge in [0.05, 0.1) is 24.1 Å². The molecule has 1 N–H and O–H groups in total. The number of ether oxygens (including phenoxy) is 1. The second-order valence-electron chi connectivity index (χ2n) is 6.52. The van der Waals surface area contributed by atoms with Gasteiger partial charge in [-0.15, -0.1) is 0 Å². The molecule has 0 aliphatic carbocycles. The highest BCUT2D eigenvalue weighted by molar-refractivity contribution is 7.92. The van der Waals surface area contributed by atoms with E-state index in [1.165, 1.54) is 11.4 Å². The van der Waals surface area contributed by atoms with E-state index in [0.29, 0.717) is 29.4 Å². The molecule has 28 heavy (non-hydrogen) atoms. The lowest BCUT2D eigenvalue weighted by atomic mass is 10.1. The van der Waals surface area contributed by atoms with E-state index in [-0.39, 0.29) is 18.9 Å². The molecule has 0 aromatic heterocycles. The van der Waals surface area contributed by atoms with Gasteiger partial charge in [-0.2, -0.15) is 0 Å². The lowest BCUT2D eigenvalue weighted by Gasteiger charge is -2.23. The fourth-order valence-corrected chi connectivity index (χ4v) is 4.00. The molecule has 6 nitrogen and oxygen atoms in total. The van der Waals surface area contributed by atoms with Gasteiger partial charge in [-0.25, -0.2) is 8.42 Å². The summed E-state index contributed by atoms with van der Waals surface area (Å²) in [4.78, 5) is 12.1. The van der Waals surface area contributed by atoms with Crippen LogP contribution in [-0.4, -0.2) is 34.2 Å². The topological polar surface area (TPSA) is 75.7 Å². The van der Waals surface area contributed by atoms with E-state index in [4.69, 9.17) is 16.3 Å². The maximum atomic E-state index is 12.2. The fourth-order valence-electron chi connectivity index (χ4n) is 2.79. The number of rotatable bonds is 9. The molecule has 1 amide bonds. The molecule has 0 atom stereocenters. The van der Waals surface area contributed by atoms with Crippen molar-refractivity contribution in [1.82, 2.24) is 5.32 Å². The summed E-state index contributed by atoms with van der Waals surface area (Å²) in [7, 11) is -2.02. The van der Waals surface area contributed by atoms with Crippen LogP contribution >= 0.6 is 11.6 Å². The number of hydrogen-bond donors (Lipinski definition) is 1. The molecule has 0 spiro atoms. The first-order valence-corrected chi connectivity index (χ1v) is 11.1. The zero-order chi connectivity index (χ0) is 20.7. The smallest absolute Gasteiger partial charge is 0.232 e. The molecule has 0 fully saturated rings. The van der Waals surface area contributed by atoms with Crippen molar-refractivity contribution in [3.05, 3.63) is 58.6 Å². The Morgan fingerprint density at radius 1 is 1.21 bits per heavy atom. The standard InChI is InChI=1S/C20H25ClN2O4S/c1-15-6-4-7-16(12-15)14-22-20(24)8-5-11-23(28(3,25)26)17-9-10-19(27-2)18(21)13-17/h4,6-7,9-10,12-13H,5,8,11,14H2,1-3H3,(H,22,24). The second-order valence-corrected chi connectivity index (χ2v) is 8.84. The summed E-state index contributed by atoms with van der Waals surface area (Å²) < 4.78 is 30.7. The van der Waals surface area contributed by atoms with Crippen LogP contribution in [0.3, 0.4) is 0 Å². The van der Waals surface area contributed by atoms with Crippen molar-refractivity contribution in [2.75, 3.05) is 24.2 Å². The van der Waals surface area contributed by atoms with E-state index in [9.17, 15) is 13.2 Å². The fraction of sp³-hybridized carbons (Fsp3) is 0.350. The zero-order valence-corrected chi connectivity index (χ0v) is 17.8. The summed E-state index contributed by atoms with van der Waals surface area (Å²) in [5, 5.41) is 3.18. The maximum Gasteiger partial charge on any atom is 0.232 e. The molecule has 0 aliphatic rings. The predicted molar refractivity (Wildman–Crippen MR) is 112 cm³/mol. The number of amides is 1. The van der Waals surface area contributed by atoms with Crippen molar-refractivity contribution in [2.45, 2.75) is 26.3 Å². The third-order valence-electron chi connectivity index (χ3n) is 4.16. The molecule has 0 saturated carbocycles. The number of hydrogen-bond acceptors (Lipinski definition) is 4. The van der Waals surface area contributed by atoms with Crippen LogP contribution in [0.25, 0.3) is 0 Å². The minimum atomic E-state index is -3.51. The predicted octanol–water partition coefficient (Wildman–Crippen LogP) is 3.52. The van der Waals surface area contributed by atoms with E-state index in [0.717, 1.165) is 17.4 Å². The van der Waals surface area contributed by atoms with Crippen LogP contribution in [-0.2, 0) is 21.4 Å². The van der Waals surface area contributed by atoms with Gasteiger partial charge in [-0.1, -0.05) is 41.4 Å². The van der Waals surface area contributed by atoms with Gasteiger partial charge in [0.1, 0.15) is 5.75 Å². The minimum absolute atomic E-state index is 0.122. The lowest BCUT2D eigenvalue weighted by molar-refractivity contribution is -0.121. The number of halogens is 1. The third-order valence-corrected chi connectivity index (χ3v) is 5.65. The Bertz CT molecular complexity index is 932. The van der Waals surface area contributed by atoms with Gasteiger partial charge in [0.2, 0.25) is 15.9 Å². The first-order chi connectivity index (χ1) is 13.2. The molecule has 0 radical (unpaired) electrons. The average molecular weight is 425 g/mol. The summed E-state index contributed by atoms with van der Waals surface area (Å²) in [5.74, 6) is 0.345. The second kappa shape index (κ2) is 9.80. The monoisotopic (exact) mass is 424 g/mol. The number of carbonyl (C=O) groups is 1. The Morgan fingerprint density at radius 2 is 1.96 bits per heavy atom. The molecule has 0 aliphatic heterocycles. The van der Waals surface area contributed by atoms with Crippen LogP contribution in [0.4, 0.5) is 5.69 Å². The Morgan fingerprint density at radius 3 is 2.57 bits per heavy atom. The first-order valence-electron chi connectivity index (χ1n) is 8.84. The Labute approximate surface area is 171 Å². The molecule has 2 rings (SSSR count). The zero-order valence-electron chi connectivity index (χ0n) is 16.2. The van der Waals surface area contributed by atoms with Crippen LogP contribution in [0, 0.1) is 6.92 Å². The molecular weight excluding hydrogens is 400 g/mol. The van der Waals surface area contributed by atoms with Crippen LogP contribution < -0.4 is 14.4 Å². The highest BCUT2D eigenvalue weighted by Gasteiger charge is 2.19. The maximum absolute atomic E-state index is 12.2. The largest absolute Gasteiger partial charge is 0.495 e. The van der Waals surface area contributed by atoms with Crippen molar-refractivity contribution in [1.29, 1.82) is 0 Å². The van der Waals surface area contributed by atoms with Crippen LogP contribution in [0.5, 0.6) is 5.75 Å². The SMILES string of the molecule is COc1ccc(N(CCCC(=O)NCc2cccc(C)c2)S(C)(=O)=O)cc1Cl. The molecular formula is C20H25ClN2O4S. The van der Waals surface area contributed by atoms with Crippen LogP contribution in [0.15, 0.2) is 42.5 Å². The van der Waals surface area contributed by atoms with Gasteiger partial charge in [0.15, 0.2) is 0 Å². The number of methoxy groups -OCH3 is 1. The van der Waals surface area contributed by atoms with Gasteiger partial charge in [0, 0.05) is 19.5 Å². The lowest BCUT2D eigenvalue weighted by Crippen LogP contribution is -2.32. The van der Waals surface area contributed by atoms with Crippen molar-refractivity contribution < 1.29 is 17.9 Å². The first kappa shape index (κ1) is 22.0. The van der Waals surface area contributed by atoms with Crippen molar-refractivity contribution in [2.24, 2.45) is 0 Å². The molecule has 152 valence electrons. The Kier molecular flexibility index (Phi) is 7.71. The van der Waals surface area contributed by atoms with E-state index in [1.807, 2.05) is 31.2 Å². The van der Waals surface area contributed by atoms with E-state index >= 15 is 0 Å².